The van der Waals surface area contributed by atoms with Crippen LogP contribution in [0.5, 0.6) is 5.75 Å². The van der Waals surface area contributed by atoms with Crippen molar-refractivity contribution in [3.63, 3.8) is 0 Å². The summed E-state index contributed by atoms with van der Waals surface area (Å²) in [6.07, 6.45) is 3.62. The molecule has 1 aromatic heterocycles. The molecule has 1 fully saturated rings. The van der Waals surface area contributed by atoms with Gasteiger partial charge in [0.25, 0.3) is 5.91 Å². The predicted molar refractivity (Wildman–Crippen MR) is 123 cm³/mol. The Labute approximate surface area is 184 Å². The van der Waals surface area contributed by atoms with Crippen LogP contribution in [0.4, 0.5) is 11.5 Å². The van der Waals surface area contributed by atoms with Crippen molar-refractivity contribution in [2.75, 3.05) is 43.0 Å². The molecule has 0 radical (unpaired) electrons. The second-order valence-electron chi connectivity index (χ2n) is 7.79. The summed E-state index contributed by atoms with van der Waals surface area (Å²) in [5, 5.41) is 2.88. The summed E-state index contributed by atoms with van der Waals surface area (Å²) in [5.41, 5.74) is 1.12. The molecule has 1 aliphatic rings. The van der Waals surface area contributed by atoms with Crippen LogP contribution < -0.4 is 15.0 Å². The van der Waals surface area contributed by atoms with Crippen molar-refractivity contribution in [3.05, 3.63) is 48.2 Å². The molecule has 2 heterocycles. The lowest BCUT2D eigenvalue weighted by molar-refractivity contribution is -0.135. The van der Waals surface area contributed by atoms with Crippen molar-refractivity contribution in [1.29, 1.82) is 0 Å². The van der Waals surface area contributed by atoms with Crippen LogP contribution in [0, 0.1) is 5.92 Å². The molecule has 31 heavy (non-hydrogen) atoms. The van der Waals surface area contributed by atoms with Crippen molar-refractivity contribution in [2.45, 2.75) is 33.6 Å². The van der Waals surface area contributed by atoms with E-state index in [-0.39, 0.29) is 17.7 Å². The van der Waals surface area contributed by atoms with Crippen molar-refractivity contribution in [3.8, 4) is 5.75 Å². The number of nitrogens with zero attached hydrogens (tertiary/aromatic N) is 3. The van der Waals surface area contributed by atoms with E-state index in [2.05, 4.69) is 22.1 Å². The van der Waals surface area contributed by atoms with Gasteiger partial charge in [-0.2, -0.15) is 0 Å². The fourth-order valence-electron chi connectivity index (χ4n) is 3.81. The molecule has 3 rings (SSSR count). The number of ether oxygens (including phenoxy) is 1. The number of hydrogen-bond donors (Lipinski definition) is 1. The van der Waals surface area contributed by atoms with Crippen LogP contribution in [0.2, 0.25) is 0 Å². The molecule has 1 N–H and O–H groups in total. The Morgan fingerprint density at radius 2 is 1.84 bits per heavy atom. The number of hydrogen-bond acceptors (Lipinski definition) is 5. The summed E-state index contributed by atoms with van der Waals surface area (Å²) in [7, 11) is 0. The largest absolute Gasteiger partial charge is 0.493 e. The van der Waals surface area contributed by atoms with E-state index in [9.17, 15) is 9.59 Å². The van der Waals surface area contributed by atoms with Gasteiger partial charge in [0.2, 0.25) is 5.91 Å². The molecule has 1 aromatic carbocycles. The van der Waals surface area contributed by atoms with Gasteiger partial charge >= 0.3 is 0 Å². The summed E-state index contributed by atoms with van der Waals surface area (Å²) in [5.74, 6) is 1.52. The van der Waals surface area contributed by atoms with Crippen molar-refractivity contribution >= 4 is 23.3 Å². The molecule has 2 aromatic rings. The summed E-state index contributed by atoms with van der Waals surface area (Å²) >= 11 is 0. The first kappa shape index (κ1) is 22.6. The first-order valence-corrected chi connectivity index (χ1v) is 11.1. The van der Waals surface area contributed by atoms with Gasteiger partial charge in [0.1, 0.15) is 11.6 Å². The fraction of sp³-hybridized carbons (Fsp3) is 0.458. The number of amides is 2. The summed E-state index contributed by atoms with van der Waals surface area (Å²) in [6, 6.07) is 10.9. The minimum atomic E-state index is -0.230. The highest BCUT2D eigenvalue weighted by Crippen LogP contribution is 2.21. The lowest BCUT2D eigenvalue weighted by Gasteiger charge is -2.36. The lowest BCUT2D eigenvalue weighted by atomic mass is 10.0. The number of para-hydroxylation sites is 1. The first-order valence-electron chi connectivity index (χ1n) is 11.1. The van der Waals surface area contributed by atoms with Crippen molar-refractivity contribution < 1.29 is 14.3 Å². The smallest absolute Gasteiger partial charge is 0.259 e. The number of anilines is 2. The molecule has 1 aliphatic heterocycles. The van der Waals surface area contributed by atoms with Crippen LogP contribution >= 0.6 is 0 Å². The van der Waals surface area contributed by atoms with E-state index in [1.54, 1.807) is 18.3 Å². The van der Waals surface area contributed by atoms with Crippen LogP contribution in [0.15, 0.2) is 42.6 Å². The SMILES string of the molecule is CCC[C@@H](C)C(=O)N1CCN(c2ccc(NC(=O)c3ccccc3OCC)cn2)CC1. The Balaban J connectivity index is 1.56. The van der Waals surface area contributed by atoms with Crippen LogP contribution in [-0.4, -0.2) is 54.5 Å². The zero-order valence-electron chi connectivity index (χ0n) is 18.6. The molecular formula is C24H32N4O3. The van der Waals surface area contributed by atoms with E-state index >= 15 is 0 Å². The topological polar surface area (TPSA) is 74.8 Å². The quantitative estimate of drug-likeness (QED) is 0.697. The minimum absolute atomic E-state index is 0.0884. The number of benzene rings is 1. The van der Waals surface area contributed by atoms with E-state index in [4.69, 9.17) is 4.74 Å². The maximum atomic E-state index is 12.6. The molecule has 1 atom stereocenters. The minimum Gasteiger partial charge on any atom is -0.493 e. The van der Waals surface area contributed by atoms with Crippen LogP contribution in [-0.2, 0) is 4.79 Å². The highest BCUT2D eigenvalue weighted by Gasteiger charge is 2.25. The maximum absolute atomic E-state index is 12.6. The summed E-state index contributed by atoms with van der Waals surface area (Å²) in [4.78, 5) is 33.8. The Hall–Kier alpha value is -3.09. The zero-order chi connectivity index (χ0) is 22.2. The predicted octanol–water partition coefficient (Wildman–Crippen LogP) is 3.82. The third-order valence-corrected chi connectivity index (χ3v) is 5.50. The van der Waals surface area contributed by atoms with E-state index in [0.717, 1.165) is 31.7 Å². The highest BCUT2D eigenvalue weighted by molar-refractivity contribution is 6.06. The molecule has 0 bridgehead atoms. The third-order valence-electron chi connectivity index (χ3n) is 5.50. The zero-order valence-corrected chi connectivity index (χ0v) is 18.6. The molecule has 0 unspecified atom stereocenters. The van der Waals surface area contributed by atoms with Gasteiger partial charge in [0.15, 0.2) is 0 Å². The molecule has 0 saturated carbocycles. The molecule has 166 valence electrons. The molecule has 0 spiro atoms. The number of nitrogens with one attached hydrogen (secondary N) is 1. The van der Waals surface area contributed by atoms with Crippen molar-refractivity contribution in [2.24, 2.45) is 5.92 Å². The normalized spacial score (nSPS) is 14.8. The monoisotopic (exact) mass is 424 g/mol. The number of piperazine rings is 1. The van der Waals surface area contributed by atoms with Gasteiger partial charge in [-0.05, 0) is 37.6 Å². The van der Waals surface area contributed by atoms with E-state index < -0.39 is 0 Å². The number of aromatic nitrogens is 1. The van der Waals surface area contributed by atoms with E-state index in [0.29, 0.717) is 36.7 Å². The number of carbonyl (C=O) groups is 2. The molecule has 7 heteroatoms. The Morgan fingerprint density at radius 1 is 1.10 bits per heavy atom. The van der Waals surface area contributed by atoms with E-state index in [1.807, 2.05) is 43.0 Å². The van der Waals surface area contributed by atoms with Gasteiger partial charge in [-0.1, -0.05) is 32.4 Å². The van der Waals surface area contributed by atoms with Gasteiger partial charge < -0.3 is 19.9 Å². The number of pyridine rings is 1. The average Bonchev–Trinajstić information content (AvgIpc) is 2.80. The first-order chi connectivity index (χ1) is 15.0. The molecule has 0 aliphatic carbocycles. The van der Waals surface area contributed by atoms with Gasteiger partial charge in [0, 0.05) is 32.1 Å². The fourth-order valence-corrected chi connectivity index (χ4v) is 3.81. The Bertz CT molecular complexity index is 877. The number of rotatable bonds is 8. The summed E-state index contributed by atoms with van der Waals surface area (Å²) < 4.78 is 5.54. The molecule has 1 saturated heterocycles. The van der Waals surface area contributed by atoms with E-state index in [1.165, 1.54) is 0 Å². The van der Waals surface area contributed by atoms with Crippen LogP contribution in [0.1, 0.15) is 44.0 Å². The van der Waals surface area contributed by atoms with Crippen molar-refractivity contribution in [1.82, 2.24) is 9.88 Å². The highest BCUT2D eigenvalue weighted by atomic mass is 16.5. The van der Waals surface area contributed by atoms with Crippen LogP contribution in [0.3, 0.4) is 0 Å². The van der Waals surface area contributed by atoms with Gasteiger partial charge in [0.05, 0.1) is 24.1 Å². The second-order valence-corrected chi connectivity index (χ2v) is 7.79. The molecule has 7 nitrogen and oxygen atoms in total. The Morgan fingerprint density at radius 3 is 2.48 bits per heavy atom. The Kier molecular flexibility index (Phi) is 7.87. The van der Waals surface area contributed by atoms with Gasteiger partial charge in [-0.15, -0.1) is 0 Å². The van der Waals surface area contributed by atoms with Gasteiger partial charge in [-0.25, -0.2) is 4.98 Å². The maximum Gasteiger partial charge on any atom is 0.259 e. The number of carbonyl (C=O) groups excluding carboxylic acids is 2. The standard InChI is InChI=1S/C24H32N4O3/c1-4-8-18(3)24(30)28-15-13-27(14-16-28)22-12-11-19(17-25-22)26-23(29)20-9-6-7-10-21(20)31-5-2/h6-7,9-12,17-18H,4-5,8,13-16H2,1-3H3,(H,26,29)/t18-/m1/s1. The van der Waals surface area contributed by atoms with Crippen LogP contribution in [0.25, 0.3) is 0 Å². The molecule has 2 amide bonds. The van der Waals surface area contributed by atoms with Gasteiger partial charge in [-0.3, -0.25) is 9.59 Å². The summed E-state index contributed by atoms with van der Waals surface area (Å²) in [6.45, 7) is 9.44. The lowest BCUT2D eigenvalue weighted by Crippen LogP contribution is -2.50. The average molecular weight is 425 g/mol. The third kappa shape index (κ3) is 5.75. The second kappa shape index (κ2) is 10.8. The molecular weight excluding hydrogens is 392 g/mol.